The minimum Gasteiger partial charge on any atom is -0.463 e. The van der Waals surface area contributed by atoms with Crippen LogP contribution in [0.1, 0.15) is 44.4 Å². The SMILES string of the molecule is CO[C@H]1O[C@H](COCc2ccccc2)[C@@H](O[C@@H]2O[C@H](COC(C)=O)[C@@H](OC(C)=O)[C@H](OC(C)=O)[C@H]2NC(C)=O)[C@H](OCc2ccccc2)[C@H]1OCc1ccccc1. The van der Waals surface area contributed by atoms with Gasteiger partial charge in [0.05, 0.1) is 26.4 Å². The lowest BCUT2D eigenvalue weighted by atomic mass is 9.94. The monoisotopic (exact) mass is 793 g/mol. The van der Waals surface area contributed by atoms with Gasteiger partial charge in [0.15, 0.2) is 24.8 Å². The van der Waals surface area contributed by atoms with Gasteiger partial charge in [-0.15, -0.1) is 0 Å². The summed E-state index contributed by atoms with van der Waals surface area (Å²) in [5.41, 5.74) is 2.67. The summed E-state index contributed by atoms with van der Waals surface area (Å²) in [5.74, 6) is -2.64. The van der Waals surface area contributed by atoms with E-state index in [1.807, 2.05) is 91.0 Å². The van der Waals surface area contributed by atoms with Crippen LogP contribution >= 0.6 is 0 Å². The van der Waals surface area contributed by atoms with E-state index in [4.69, 9.17) is 47.4 Å². The van der Waals surface area contributed by atoms with Crippen molar-refractivity contribution in [2.75, 3.05) is 20.3 Å². The maximum Gasteiger partial charge on any atom is 0.303 e. The van der Waals surface area contributed by atoms with Gasteiger partial charge in [0.2, 0.25) is 5.91 Å². The molecule has 15 heteroatoms. The van der Waals surface area contributed by atoms with Gasteiger partial charge in [0.25, 0.3) is 0 Å². The lowest BCUT2D eigenvalue weighted by molar-refractivity contribution is -0.356. The molecule has 2 heterocycles. The molecule has 0 saturated carbocycles. The van der Waals surface area contributed by atoms with Crippen LogP contribution in [0.5, 0.6) is 0 Å². The molecule has 0 aromatic heterocycles. The molecule has 3 aromatic carbocycles. The highest BCUT2D eigenvalue weighted by Crippen LogP contribution is 2.35. The van der Waals surface area contributed by atoms with Crippen LogP contribution in [0.2, 0.25) is 0 Å². The molecule has 308 valence electrons. The summed E-state index contributed by atoms with van der Waals surface area (Å²) in [5, 5.41) is 2.76. The Bertz CT molecular complexity index is 1710. The van der Waals surface area contributed by atoms with Crippen molar-refractivity contribution >= 4 is 23.8 Å². The van der Waals surface area contributed by atoms with Crippen molar-refractivity contribution in [3.8, 4) is 0 Å². The molecule has 3 aromatic rings. The first-order chi connectivity index (χ1) is 27.5. The van der Waals surface area contributed by atoms with Gasteiger partial charge in [-0.2, -0.15) is 0 Å². The van der Waals surface area contributed by atoms with E-state index in [0.29, 0.717) is 0 Å². The highest BCUT2D eigenvalue weighted by atomic mass is 16.8. The van der Waals surface area contributed by atoms with Crippen molar-refractivity contribution < 1.29 is 66.5 Å². The van der Waals surface area contributed by atoms with E-state index in [1.165, 1.54) is 34.8 Å². The number of rotatable bonds is 18. The Kier molecular flexibility index (Phi) is 16.5. The Morgan fingerprint density at radius 2 is 1.05 bits per heavy atom. The van der Waals surface area contributed by atoms with Gasteiger partial charge in [0, 0.05) is 34.8 Å². The molecule has 5 rings (SSSR count). The lowest BCUT2D eigenvalue weighted by Crippen LogP contribution is -2.69. The quantitative estimate of drug-likeness (QED) is 0.146. The van der Waals surface area contributed by atoms with Gasteiger partial charge in [0.1, 0.15) is 43.2 Å². The summed E-state index contributed by atoms with van der Waals surface area (Å²) in [6.45, 7) is 4.91. The fourth-order valence-electron chi connectivity index (χ4n) is 6.69. The van der Waals surface area contributed by atoms with Crippen LogP contribution in [0.25, 0.3) is 0 Å². The predicted molar refractivity (Wildman–Crippen MR) is 201 cm³/mol. The summed E-state index contributed by atoms with van der Waals surface area (Å²) in [7, 11) is 1.50. The number of carbonyl (C=O) groups excluding carboxylic acids is 4. The van der Waals surface area contributed by atoms with E-state index in [2.05, 4.69) is 5.32 Å². The molecule has 10 atom stereocenters. The second kappa shape index (κ2) is 21.7. The second-order valence-electron chi connectivity index (χ2n) is 13.6. The number of ether oxygens (including phenoxy) is 10. The zero-order valence-electron chi connectivity index (χ0n) is 32.7. The molecule has 1 amide bonds. The van der Waals surface area contributed by atoms with Crippen molar-refractivity contribution in [1.29, 1.82) is 0 Å². The molecule has 0 spiro atoms. The van der Waals surface area contributed by atoms with Gasteiger partial charge in [-0.05, 0) is 16.7 Å². The fourth-order valence-corrected chi connectivity index (χ4v) is 6.69. The van der Waals surface area contributed by atoms with Crippen molar-refractivity contribution in [2.24, 2.45) is 0 Å². The normalized spacial score (nSPS) is 27.2. The van der Waals surface area contributed by atoms with Crippen LogP contribution in [-0.2, 0) is 86.4 Å². The van der Waals surface area contributed by atoms with Crippen molar-refractivity contribution in [2.45, 2.75) is 109 Å². The molecule has 2 saturated heterocycles. The predicted octanol–water partition coefficient (Wildman–Crippen LogP) is 3.79. The molecule has 0 radical (unpaired) electrons. The molecule has 0 bridgehead atoms. The number of nitrogens with one attached hydrogen (secondary N) is 1. The summed E-state index contributed by atoms with van der Waals surface area (Å²) in [4.78, 5) is 49.7. The molecule has 1 N–H and O–H groups in total. The molecular weight excluding hydrogens is 742 g/mol. The lowest BCUT2D eigenvalue weighted by Gasteiger charge is -2.49. The molecule has 2 fully saturated rings. The van der Waals surface area contributed by atoms with E-state index < -0.39 is 91.8 Å². The zero-order chi connectivity index (χ0) is 40.7. The smallest absolute Gasteiger partial charge is 0.303 e. The number of esters is 3. The number of hydrogen-bond donors (Lipinski definition) is 1. The minimum absolute atomic E-state index is 0.0200. The van der Waals surface area contributed by atoms with E-state index in [1.54, 1.807) is 0 Å². The zero-order valence-corrected chi connectivity index (χ0v) is 32.7. The highest BCUT2D eigenvalue weighted by Gasteiger charge is 2.55. The number of methoxy groups -OCH3 is 1. The van der Waals surface area contributed by atoms with E-state index in [-0.39, 0.29) is 26.4 Å². The summed E-state index contributed by atoms with van der Waals surface area (Å²) in [6, 6.07) is 27.4. The minimum atomic E-state index is -1.44. The molecule has 0 unspecified atom stereocenters. The Labute approximate surface area is 332 Å². The highest BCUT2D eigenvalue weighted by molar-refractivity contribution is 5.73. The third kappa shape index (κ3) is 12.9. The fraction of sp³-hybridized carbons (Fsp3) is 0.476. The van der Waals surface area contributed by atoms with Crippen LogP contribution < -0.4 is 5.32 Å². The van der Waals surface area contributed by atoms with E-state index in [9.17, 15) is 19.2 Å². The van der Waals surface area contributed by atoms with Crippen molar-refractivity contribution in [3.05, 3.63) is 108 Å². The summed E-state index contributed by atoms with van der Waals surface area (Å²) < 4.78 is 61.8. The summed E-state index contributed by atoms with van der Waals surface area (Å²) in [6.07, 6.45) is -10.1. The van der Waals surface area contributed by atoms with Crippen LogP contribution in [0.15, 0.2) is 91.0 Å². The van der Waals surface area contributed by atoms with Gasteiger partial charge >= 0.3 is 17.9 Å². The molecule has 2 aliphatic rings. The Morgan fingerprint density at radius 1 is 0.561 bits per heavy atom. The first kappa shape index (κ1) is 43.4. The molecule has 15 nitrogen and oxygen atoms in total. The van der Waals surface area contributed by atoms with E-state index in [0.717, 1.165) is 16.7 Å². The van der Waals surface area contributed by atoms with Crippen LogP contribution in [-0.4, -0.2) is 105 Å². The van der Waals surface area contributed by atoms with Gasteiger partial charge in [-0.25, -0.2) is 0 Å². The standard InChI is InChI=1S/C42H51NO14/c1-26(44)43-35-38(54-29(4)47)36(53-28(3)46)34(25-50-27(2)45)55-41(35)57-37-33(24-49-21-30-15-9-6-10-16-30)56-42(48-5)40(52-23-32-19-13-8-14-20-32)39(37)51-22-31-17-11-7-12-18-31/h6-20,33-42H,21-25H2,1-5H3,(H,43,44)/t33-,34-,35-,36-,37-,38-,39+,40-,41+,42+/m1/s1. The maximum absolute atomic E-state index is 12.8. The van der Waals surface area contributed by atoms with Gasteiger partial charge in [-0.3, -0.25) is 19.2 Å². The first-order valence-corrected chi connectivity index (χ1v) is 18.7. The first-order valence-electron chi connectivity index (χ1n) is 18.7. The molecule has 57 heavy (non-hydrogen) atoms. The Balaban J connectivity index is 1.56. The maximum atomic E-state index is 12.8. The average molecular weight is 794 g/mol. The van der Waals surface area contributed by atoms with Crippen LogP contribution in [0.4, 0.5) is 0 Å². The third-order valence-electron chi connectivity index (χ3n) is 9.15. The second-order valence-corrected chi connectivity index (χ2v) is 13.6. The van der Waals surface area contributed by atoms with Gasteiger partial charge < -0.3 is 52.7 Å². The van der Waals surface area contributed by atoms with Crippen LogP contribution in [0.3, 0.4) is 0 Å². The number of carbonyl (C=O) groups is 4. The summed E-state index contributed by atoms with van der Waals surface area (Å²) >= 11 is 0. The Hall–Kier alpha value is -4.74. The molecule has 0 aliphatic carbocycles. The molecular formula is C42H51NO14. The third-order valence-corrected chi connectivity index (χ3v) is 9.15. The topological polar surface area (TPSA) is 173 Å². The Morgan fingerprint density at radius 3 is 1.56 bits per heavy atom. The number of hydrogen-bond acceptors (Lipinski definition) is 14. The van der Waals surface area contributed by atoms with Gasteiger partial charge in [-0.1, -0.05) is 91.0 Å². The number of benzene rings is 3. The van der Waals surface area contributed by atoms with Crippen LogP contribution in [0, 0.1) is 0 Å². The number of amides is 1. The van der Waals surface area contributed by atoms with Crippen molar-refractivity contribution in [1.82, 2.24) is 5.32 Å². The van der Waals surface area contributed by atoms with E-state index >= 15 is 0 Å². The average Bonchev–Trinajstić information content (AvgIpc) is 3.19. The van der Waals surface area contributed by atoms with Crippen molar-refractivity contribution in [3.63, 3.8) is 0 Å². The molecule has 2 aliphatic heterocycles. The largest absolute Gasteiger partial charge is 0.463 e.